The highest BCUT2D eigenvalue weighted by Crippen LogP contribution is 2.25. The van der Waals surface area contributed by atoms with Gasteiger partial charge in [-0.25, -0.2) is 0 Å². The number of hydrogen-bond donors (Lipinski definition) is 0. The Kier molecular flexibility index (Phi) is 5.37. The third-order valence-electron chi connectivity index (χ3n) is 3.09. The van der Waals surface area contributed by atoms with Crippen LogP contribution in [0.25, 0.3) is 0 Å². The summed E-state index contributed by atoms with van der Waals surface area (Å²) in [6.07, 6.45) is 0.738. The molecule has 0 aliphatic carbocycles. The molecule has 3 aliphatic heterocycles. The van der Waals surface area contributed by atoms with Gasteiger partial charge in [-0.3, -0.25) is 0 Å². The summed E-state index contributed by atoms with van der Waals surface area (Å²) in [6, 6.07) is 0. The van der Waals surface area contributed by atoms with Gasteiger partial charge in [-0.2, -0.15) is 4.84 Å². The third kappa shape index (κ3) is 5.26. The maximum Gasteiger partial charge on any atom is 0.222 e. The number of ether oxygens (including phenoxy) is 5. The molecule has 3 saturated heterocycles. The van der Waals surface area contributed by atoms with Gasteiger partial charge in [-0.1, -0.05) is 2.86 Å². The van der Waals surface area contributed by atoms with E-state index in [9.17, 15) is 0 Å². The normalized spacial score (nSPS) is 33.7. The Morgan fingerprint density at radius 1 is 0.900 bits per heavy atom. The largest absolute Gasteiger partial charge is 0.371 e. The van der Waals surface area contributed by atoms with Crippen molar-refractivity contribution in [3.05, 3.63) is 0 Å². The van der Waals surface area contributed by atoms with Gasteiger partial charge < -0.3 is 23.7 Å². The van der Waals surface area contributed by atoms with Gasteiger partial charge in [0.25, 0.3) is 0 Å². The summed E-state index contributed by atoms with van der Waals surface area (Å²) in [5, 5.41) is 0. The van der Waals surface area contributed by atoms with E-state index in [-0.39, 0.29) is 18.3 Å². The van der Waals surface area contributed by atoms with Crippen molar-refractivity contribution >= 4 is 25.5 Å². The Balaban J connectivity index is 1.44. The van der Waals surface area contributed by atoms with Crippen LogP contribution in [0.15, 0.2) is 0 Å². The lowest BCUT2D eigenvalue weighted by atomic mass is 10.5. The molecule has 0 spiro atoms. The smallest absolute Gasteiger partial charge is 0.222 e. The second kappa shape index (κ2) is 7.05. The average molecular weight is 402 g/mol. The van der Waals surface area contributed by atoms with Crippen LogP contribution in [0.2, 0.25) is 0 Å². The molecular formula is C12H21INO6+. The summed E-state index contributed by atoms with van der Waals surface area (Å²) in [4.78, 5) is 5.97. The molecule has 0 aromatic rings. The van der Waals surface area contributed by atoms with E-state index < -0.39 is 21.0 Å². The minimum absolute atomic E-state index is 0.224. The Morgan fingerprint density at radius 2 is 1.35 bits per heavy atom. The molecule has 0 amide bonds. The zero-order valence-electron chi connectivity index (χ0n) is 11.4. The first kappa shape index (κ1) is 15.2. The van der Waals surface area contributed by atoms with E-state index in [0.717, 1.165) is 19.8 Å². The predicted molar refractivity (Wildman–Crippen MR) is 78.2 cm³/mol. The summed E-state index contributed by atoms with van der Waals surface area (Å²) >= 11 is -0.495. The molecule has 3 unspecified atom stereocenters. The van der Waals surface area contributed by atoms with E-state index >= 15 is 0 Å². The highest BCUT2D eigenvalue weighted by atomic mass is 127. The van der Waals surface area contributed by atoms with E-state index in [1.165, 1.54) is 0 Å². The quantitative estimate of drug-likeness (QED) is 0.153. The first-order valence-electron chi connectivity index (χ1n) is 6.72. The molecule has 7 nitrogen and oxygen atoms in total. The van der Waals surface area contributed by atoms with E-state index in [1.807, 2.05) is 0 Å². The van der Waals surface area contributed by atoms with Crippen molar-refractivity contribution in [1.29, 1.82) is 0 Å². The van der Waals surface area contributed by atoms with Crippen molar-refractivity contribution < 1.29 is 31.4 Å². The molecule has 8 heteroatoms. The summed E-state index contributed by atoms with van der Waals surface area (Å²) in [7, 11) is 0. The third-order valence-corrected chi connectivity index (χ3v) is 5.17. The van der Waals surface area contributed by atoms with Gasteiger partial charge in [0.1, 0.15) is 24.9 Å². The molecule has 0 radical (unpaired) electrons. The zero-order valence-corrected chi connectivity index (χ0v) is 13.5. The molecule has 20 heavy (non-hydrogen) atoms. The topological polar surface area (TPSA) is 65.3 Å². The minimum atomic E-state index is -0.495. The van der Waals surface area contributed by atoms with Gasteiger partial charge in [0.15, 0.2) is 21.0 Å². The number of nitrogens with zero attached hydrogens (tertiary/aromatic N) is 1. The number of hydrogen-bond acceptors (Lipinski definition) is 6. The lowest BCUT2D eigenvalue weighted by Crippen LogP contribution is -2.44. The fraction of sp³-hybridized carbons (Fsp3) is 0.917. The Bertz CT molecular complexity index is 314. The molecule has 3 fully saturated rings. The molecule has 3 aliphatic rings. The van der Waals surface area contributed by atoms with Crippen LogP contribution in [0.5, 0.6) is 0 Å². The fourth-order valence-corrected chi connectivity index (χ4v) is 2.71. The van der Waals surface area contributed by atoms with Crippen LogP contribution in [0.3, 0.4) is 0 Å². The maximum absolute atomic E-state index is 5.97. The highest BCUT2D eigenvalue weighted by Gasteiger charge is 2.35. The molecule has 3 atom stereocenters. The van der Waals surface area contributed by atoms with Crippen LogP contribution in [0.4, 0.5) is 0 Å². The fourth-order valence-electron chi connectivity index (χ4n) is 1.57. The van der Waals surface area contributed by atoms with E-state index in [4.69, 9.17) is 28.5 Å². The molecule has 0 bridgehead atoms. The summed E-state index contributed by atoms with van der Waals surface area (Å²) < 4.78 is 31.3. The van der Waals surface area contributed by atoms with Gasteiger partial charge in [0.05, 0.1) is 33.0 Å². The Hall–Kier alpha value is 0.320. The van der Waals surface area contributed by atoms with Crippen LogP contribution >= 0.6 is 21.0 Å². The van der Waals surface area contributed by atoms with Gasteiger partial charge in [-0.15, -0.1) is 0 Å². The number of rotatable bonds is 12. The molecule has 3 heterocycles. The Labute approximate surface area is 128 Å². The second-order valence-electron chi connectivity index (χ2n) is 5.07. The van der Waals surface area contributed by atoms with Crippen molar-refractivity contribution in [3.8, 4) is 0 Å². The lowest BCUT2D eigenvalue weighted by molar-refractivity contribution is -0.993. The number of epoxide rings is 3. The van der Waals surface area contributed by atoms with E-state index in [2.05, 4.69) is 4.51 Å². The first-order valence-corrected chi connectivity index (χ1v) is 9.21. The highest BCUT2D eigenvalue weighted by molar-refractivity contribution is 14.1. The molecule has 0 N–H and O–H groups in total. The van der Waals surface area contributed by atoms with Crippen LogP contribution in [-0.2, 0) is 28.5 Å². The van der Waals surface area contributed by atoms with Crippen molar-refractivity contribution in [2.24, 2.45) is 0 Å². The lowest BCUT2D eigenvalue weighted by Gasteiger charge is -2.29. The van der Waals surface area contributed by atoms with Gasteiger partial charge in [-0.05, 0) is 4.51 Å². The van der Waals surface area contributed by atoms with Crippen LogP contribution in [0, 0.1) is 0 Å². The predicted octanol–water partition coefficient (Wildman–Crippen LogP) is 0.197. The maximum atomic E-state index is 5.97. The van der Waals surface area contributed by atoms with Crippen molar-refractivity contribution in [2.75, 3.05) is 53.1 Å². The zero-order chi connectivity index (χ0) is 13.8. The average Bonchev–Trinajstić information content (AvgIpc) is 3.25. The van der Waals surface area contributed by atoms with Crippen molar-refractivity contribution in [3.63, 3.8) is 0 Å². The molecule has 0 aromatic heterocycles. The minimum Gasteiger partial charge on any atom is -0.371 e. The van der Waals surface area contributed by atoms with Crippen LogP contribution in [0.1, 0.15) is 0 Å². The van der Waals surface area contributed by atoms with Crippen molar-refractivity contribution in [2.45, 2.75) is 18.3 Å². The number of hydroxylamine groups is 2. The summed E-state index contributed by atoms with van der Waals surface area (Å²) in [5.41, 5.74) is 0. The standard InChI is InChI=1S/C12H21INO6/c1-13-14(20-7-12-6-19-12,8-15-2-10-4-17-10)9-16-3-11-5-18-11/h10-12H,1-9H2/q+1. The second-order valence-corrected chi connectivity index (χ2v) is 7.51. The molecule has 0 aromatic carbocycles. The van der Waals surface area contributed by atoms with E-state index in [0.29, 0.717) is 36.1 Å². The van der Waals surface area contributed by atoms with Gasteiger partial charge >= 0.3 is 0 Å². The summed E-state index contributed by atoms with van der Waals surface area (Å²) in [5.74, 6) is 0. The van der Waals surface area contributed by atoms with E-state index in [1.54, 1.807) is 0 Å². The van der Waals surface area contributed by atoms with Crippen molar-refractivity contribution in [1.82, 2.24) is 0 Å². The first-order chi connectivity index (χ1) is 9.80. The molecule has 0 saturated carbocycles. The SMILES string of the molecule is C=I[N+](COCC1CO1)(COCC1CO1)OCC1CO1. The van der Waals surface area contributed by atoms with Gasteiger partial charge in [0, 0.05) is 0 Å². The Morgan fingerprint density at radius 3 is 1.75 bits per heavy atom. The molecule has 116 valence electrons. The molecular weight excluding hydrogens is 381 g/mol. The van der Waals surface area contributed by atoms with Crippen LogP contribution < -0.4 is 0 Å². The number of quaternary nitrogens is 1. The summed E-state index contributed by atoms with van der Waals surface area (Å²) in [6.45, 7) is 5.07. The number of halogens is 1. The van der Waals surface area contributed by atoms with Crippen LogP contribution in [-0.4, -0.2) is 78.8 Å². The molecule has 3 rings (SSSR count). The monoisotopic (exact) mass is 402 g/mol. The van der Waals surface area contributed by atoms with Gasteiger partial charge in [0.2, 0.25) is 13.5 Å².